The molecule has 0 saturated heterocycles. The van der Waals surface area contributed by atoms with Crippen LogP contribution < -0.4 is 5.32 Å². The Bertz CT molecular complexity index is 752. The first-order chi connectivity index (χ1) is 9.72. The lowest BCUT2D eigenvalue weighted by Gasteiger charge is -2.04. The van der Waals surface area contributed by atoms with Crippen LogP contribution in [0.25, 0.3) is 11.0 Å². The molecule has 0 spiro atoms. The summed E-state index contributed by atoms with van der Waals surface area (Å²) in [5.74, 6) is 0.842. The molecular weight excluding hydrogens is 296 g/mol. The average molecular weight is 306 g/mol. The number of H-pyrrole nitrogens is 1. The molecule has 0 fully saturated rings. The normalized spacial score (nSPS) is 10.8. The maximum Gasteiger partial charge on any atom is 0.234 e. The molecule has 3 aromatic rings. The molecule has 0 bridgehead atoms. The number of aryl methyl sites for hydroxylation is 1. The van der Waals surface area contributed by atoms with E-state index in [9.17, 15) is 4.79 Å². The Morgan fingerprint density at radius 3 is 3.15 bits per heavy atom. The van der Waals surface area contributed by atoms with E-state index in [0.29, 0.717) is 16.4 Å². The van der Waals surface area contributed by atoms with E-state index >= 15 is 0 Å². The highest BCUT2D eigenvalue weighted by atomic mass is 32.2. The highest BCUT2D eigenvalue weighted by Crippen LogP contribution is 2.21. The van der Waals surface area contributed by atoms with Crippen LogP contribution in [-0.2, 0) is 4.79 Å². The molecule has 102 valence electrons. The predicted molar refractivity (Wildman–Crippen MR) is 77.9 cm³/mol. The van der Waals surface area contributed by atoms with Crippen molar-refractivity contribution in [3.8, 4) is 0 Å². The number of rotatable bonds is 4. The number of fused-ring (bicyclic) bond motifs is 1. The van der Waals surface area contributed by atoms with Gasteiger partial charge in [0.05, 0.1) is 23.2 Å². The Labute approximate surface area is 122 Å². The topological polar surface area (TPSA) is 96.5 Å². The number of thioether (sulfide) groups is 1. The van der Waals surface area contributed by atoms with Crippen molar-refractivity contribution in [3.05, 3.63) is 24.0 Å². The number of aromatic amines is 1. The Kier molecular flexibility index (Phi) is 3.61. The molecule has 0 radical (unpaired) electrons. The number of nitrogens with zero attached hydrogens (tertiary/aromatic N) is 4. The first-order valence-electron chi connectivity index (χ1n) is 5.75. The zero-order valence-electron chi connectivity index (χ0n) is 10.5. The van der Waals surface area contributed by atoms with Crippen molar-refractivity contribution in [2.75, 3.05) is 11.1 Å². The molecule has 2 N–H and O–H groups in total. The summed E-state index contributed by atoms with van der Waals surface area (Å²) in [7, 11) is 0. The maximum absolute atomic E-state index is 11.9. The van der Waals surface area contributed by atoms with Crippen molar-refractivity contribution in [2.24, 2.45) is 0 Å². The lowest BCUT2D eigenvalue weighted by Crippen LogP contribution is -2.14. The summed E-state index contributed by atoms with van der Waals surface area (Å²) in [5.41, 5.74) is 2.17. The van der Waals surface area contributed by atoms with Gasteiger partial charge < -0.3 is 5.32 Å². The van der Waals surface area contributed by atoms with Gasteiger partial charge in [-0.15, -0.1) is 5.10 Å². The number of benzene rings is 1. The highest BCUT2D eigenvalue weighted by Gasteiger charge is 2.10. The van der Waals surface area contributed by atoms with Gasteiger partial charge in [0, 0.05) is 0 Å². The summed E-state index contributed by atoms with van der Waals surface area (Å²) in [4.78, 5) is 16.0. The maximum atomic E-state index is 11.9. The highest BCUT2D eigenvalue weighted by molar-refractivity contribution is 7.99. The molecule has 2 heterocycles. The zero-order chi connectivity index (χ0) is 13.9. The first-order valence-corrected chi connectivity index (χ1v) is 7.47. The van der Waals surface area contributed by atoms with Crippen LogP contribution in [-0.4, -0.2) is 35.6 Å². The minimum atomic E-state index is -0.127. The molecule has 0 aliphatic heterocycles. The fourth-order valence-corrected chi connectivity index (χ4v) is 2.80. The molecule has 2 aromatic heterocycles. The molecule has 20 heavy (non-hydrogen) atoms. The molecule has 0 aliphatic carbocycles. The van der Waals surface area contributed by atoms with E-state index in [2.05, 4.69) is 29.2 Å². The van der Waals surface area contributed by atoms with Gasteiger partial charge in [-0.3, -0.25) is 9.89 Å². The second-order valence-corrected chi connectivity index (χ2v) is 5.45. The molecule has 7 nitrogen and oxygen atoms in total. The largest absolute Gasteiger partial charge is 0.323 e. The summed E-state index contributed by atoms with van der Waals surface area (Å²) in [6.07, 6.45) is 0. The number of amides is 1. The zero-order valence-corrected chi connectivity index (χ0v) is 12.1. The van der Waals surface area contributed by atoms with Crippen molar-refractivity contribution in [2.45, 2.75) is 12.1 Å². The molecular formula is C11H10N6OS2. The van der Waals surface area contributed by atoms with E-state index in [4.69, 9.17) is 0 Å². The van der Waals surface area contributed by atoms with E-state index in [1.54, 1.807) is 0 Å². The molecule has 1 aromatic carbocycles. The third-order valence-corrected chi connectivity index (χ3v) is 3.86. The number of hydrogen-bond donors (Lipinski definition) is 2. The molecule has 0 saturated carbocycles. The van der Waals surface area contributed by atoms with Gasteiger partial charge in [-0.2, -0.15) is 8.75 Å². The smallest absolute Gasteiger partial charge is 0.234 e. The number of carbonyl (C=O) groups excluding carboxylic acids is 1. The number of anilines is 1. The second kappa shape index (κ2) is 5.55. The van der Waals surface area contributed by atoms with Crippen molar-refractivity contribution in [1.82, 2.24) is 23.9 Å². The fraction of sp³-hybridized carbons (Fsp3) is 0.182. The van der Waals surface area contributed by atoms with Crippen molar-refractivity contribution < 1.29 is 4.79 Å². The molecule has 0 aliphatic rings. The summed E-state index contributed by atoms with van der Waals surface area (Å²) in [6, 6.07) is 5.51. The number of carbonyl (C=O) groups is 1. The summed E-state index contributed by atoms with van der Waals surface area (Å²) < 4.78 is 8.31. The van der Waals surface area contributed by atoms with E-state index in [1.165, 1.54) is 11.8 Å². The van der Waals surface area contributed by atoms with Gasteiger partial charge in [0.25, 0.3) is 0 Å². The van der Waals surface area contributed by atoms with Gasteiger partial charge in [-0.1, -0.05) is 17.8 Å². The van der Waals surface area contributed by atoms with Gasteiger partial charge >= 0.3 is 0 Å². The predicted octanol–water partition coefficient (Wildman–Crippen LogP) is 1.85. The fourth-order valence-electron chi connectivity index (χ4n) is 1.61. The number of nitrogens with one attached hydrogen (secondary N) is 2. The summed E-state index contributed by atoms with van der Waals surface area (Å²) in [6.45, 7) is 1.81. The average Bonchev–Trinajstić information content (AvgIpc) is 3.05. The number of hydrogen-bond acceptors (Lipinski definition) is 7. The third-order valence-electron chi connectivity index (χ3n) is 2.47. The van der Waals surface area contributed by atoms with E-state index in [0.717, 1.165) is 23.1 Å². The third kappa shape index (κ3) is 2.78. The van der Waals surface area contributed by atoms with Gasteiger partial charge in [-0.25, -0.2) is 4.98 Å². The Morgan fingerprint density at radius 2 is 2.35 bits per heavy atom. The molecule has 9 heteroatoms. The van der Waals surface area contributed by atoms with Crippen LogP contribution in [0.3, 0.4) is 0 Å². The lowest BCUT2D eigenvalue weighted by atomic mass is 10.2. The lowest BCUT2D eigenvalue weighted by molar-refractivity contribution is -0.113. The van der Waals surface area contributed by atoms with Gasteiger partial charge in [0.15, 0.2) is 0 Å². The van der Waals surface area contributed by atoms with Crippen LogP contribution in [0.15, 0.2) is 23.4 Å². The van der Waals surface area contributed by atoms with Crippen LogP contribution in [0.5, 0.6) is 0 Å². The second-order valence-electron chi connectivity index (χ2n) is 3.98. The minimum absolute atomic E-state index is 0.127. The van der Waals surface area contributed by atoms with Crippen LogP contribution >= 0.6 is 23.5 Å². The van der Waals surface area contributed by atoms with Crippen molar-refractivity contribution in [1.29, 1.82) is 0 Å². The minimum Gasteiger partial charge on any atom is -0.323 e. The van der Waals surface area contributed by atoms with Crippen LogP contribution in [0.4, 0.5) is 5.69 Å². The van der Waals surface area contributed by atoms with Crippen molar-refractivity contribution in [3.63, 3.8) is 0 Å². The van der Waals surface area contributed by atoms with Crippen LogP contribution in [0, 0.1) is 6.92 Å². The first kappa shape index (κ1) is 13.0. The van der Waals surface area contributed by atoms with Gasteiger partial charge in [0.2, 0.25) is 11.1 Å². The van der Waals surface area contributed by atoms with E-state index in [1.807, 2.05) is 25.1 Å². The summed E-state index contributed by atoms with van der Waals surface area (Å²) >= 11 is 2.40. The Morgan fingerprint density at radius 1 is 1.45 bits per heavy atom. The van der Waals surface area contributed by atoms with E-state index in [-0.39, 0.29) is 11.7 Å². The van der Waals surface area contributed by atoms with Gasteiger partial charge in [0.1, 0.15) is 16.9 Å². The number of aromatic nitrogens is 5. The SMILES string of the molecule is Cc1nc(SCC(=O)Nc2cccc3nsnc23)n[nH]1. The summed E-state index contributed by atoms with van der Waals surface area (Å²) in [5, 5.41) is 10.1. The Hall–Kier alpha value is -2.00. The van der Waals surface area contributed by atoms with Crippen LogP contribution in [0.1, 0.15) is 5.82 Å². The van der Waals surface area contributed by atoms with Gasteiger partial charge in [-0.05, 0) is 19.1 Å². The van der Waals surface area contributed by atoms with Crippen molar-refractivity contribution >= 4 is 46.1 Å². The quantitative estimate of drug-likeness (QED) is 0.714. The van der Waals surface area contributed by atoms with E-state index < -0.39 is 0 Å². The van der Waals surface area contributed by atoms with Crippen LogP contribution in [0.2, 0.25) is 0 Å². The molecule has 0 unspecified atom stereocenters. The molecule has 3 rings (SSSR count). The monoisotopic (exact) mass is 306 g/mol. The molecule has 0 atom stereocenters. The molecule has 1 amide bonds. The standard InChI is InChI=1S/C11H10N6OS2/c1-6-12-11(15-14-6)19-5-9(18)13-7-3-2-4-8-10(7)17-20-16-8/h2-4H,5H2,1H3,(H,13,18)(H,12,14,15). The Balaban J connectivity index is 1.65.